The molecule has 2 aliphatic heterocycles. The molecule has 3 heterocycles. The van der Waals surface area contributed by atoms with Crippen LogP contribution in [-0.4, -0.2) is 40.5 Å². The maximum absolute atomic E-state index is 14.0. The van der Waals surface area contributed by atoms with Gasteiger partial charge >= 0.3 is 0 Å². The number of hydrogen-bond donors (Lipinski definition) is 1. The lowest BCUT2D eigenvalue weighted by Crippen LogP contribution is -2.58. The fraction of sp³-hybridized carbons (Fsp3) is 0.385. The van der Waals surface area contributed by atoms with Crippen LogP contribution >= 0.6 is 0 Å². The van der Waals surface area contributed by atoms with Gasteiger partial charge in [0.05, 0.1) is 18.7 Å². The van der Waals surface area contributed by atoms with E-state index in [0.717, 1.165) is 41.5 Å². The topological polar surface area (TPSA) is 63.6 Å². The quantitative estimate of drug-likeness (QED) is 0.679. The van der Waals surface area contributed by atoms with Gasteiger partial charge in [0.15, 0.2) is 0 Å². The Morgan fingerprint density at radius 3 is 2.59 bits per heavy atom. The molecular weight excluding hydrogens is 402 g/mol. The highest BCUT2D eigenvalue weighted by molar-refractivity contribution is 5.99. The number of aryl methyl sites for hydroxylation is 2. The predicted molar refractivity (Wildman–Crippen MR) is 124 cm³/mol. The number of methoxy groups -OCH3 is 1. The minimum absolute atomic E-state index is 0.00222. The maximum atomic E-state index is 14.0. The normalized spacial score (nSPS) is 23.0. The van der Waals surface area contributed by atoms with Crippen LogP contribution in [0.1, 0.15) is 53.3 Å². The number of aromatic nitrogens is 1. The van der Waals surface area contributed by atoms with Crippen molar-refractivity contribution in [3.63, 3.8) is 0 Å². The van der Waals surface area contributed by atoms with Gasteiger partial charge in [-0.25, -0.2) is 0 Å². The van der Waals surface area contributed by atoms with Crippen molar-refractivity contribution in [3.8, 4) is 5.75 Å². The first-order valence-corrected chi connectivity index (χ1v) is 11.2. The molecule has 1 spiro atoms. The third-order valence-corrected chi connectivity index (χ3v) is 7.15. The maximum Gasteiger partial charge on any atom is 0.271 e. The lowest BCUT2D eigenvalue weighted by molar-refractivity contribution is -0.120. The molecule has 0 bridgehead atoms. The number of nitrogens with zero attached hydrogens (tertiary/aromatic N) is 2. The zero-order chi connectivity index (χ0) is 22.5. The molecule has 2 amide bonds. The summed E-state index contributed by atoms with van der Waals surface area (Å²) in [7, 11) is 3.59. The summed E-state index contributed by atoms with van der Waals surface area (Å²) in [4.78, 5) is 28.2. The Balaban J connectivity index is 1.59. The molecule has 2 fully saturated rings. The van der Waals surface area contributed by atoms with E-state index in [1.54, 1.807) is 7.11 Å². The van der Waals surface area contributed by atoms with E-state index in [1.807, 2.05) is 46.8 Å². The van der Waals surface area contributed by atoms with Crippen LogP contribution < -0.4 is 10.1 Å². The van der Waals surface area contributed by atoms with Crippen molar-refractivity contribution in [2.75, 3.05) is 13.7 Å². The molecule has 2 aromatic carbocycles. The van der Waals surface area contributed by atoms with Crippen molar-refractivity contribution >= 4 is 22.7 Å². The van der Waals surface area contributed by atoms with Crippen molar-refractivity contribution in [1.82, 2.24) is 14.8 Å². The second kappa shape index (κ2) is 7.69. The first-order chi connectivity index (χ1) is 15.4. The van der Waals surface area contributed by atoms with E-state index in [-0.39, 0.29) is 17.9 Å². The summed E-state index contributed by atoms with van der Waals surface area (Å²) in [5.74, 6) is 0.844. The molecule has 0 unspecified atom stereocenters. The molecule has 6 heteroatoms. The second-order valence-corrected chi connectivity index (χ2v) is 9.13. The number of likely N-dealkylation sites (tertiary alicyclic amines) is 1. The molecule has 32 heavy (non-hydrogen) atoms. The summed E-state index contributed by atoms with van der Waals surface area (Å²) in [6, 6.07) is 15.9. The highest BCUT2D eigenvalue weighted by Gasteiger charge is 2.51. The first-order valence-electron chi connectivity index (χ1n) is 11.2. The van der Waals surface area contributed by atoms with Crippen LogP contribution in [-0.2, 0) is 11.8 Å². The van der Waals surface area contributed by atoms with Crippen molar-refractivity contribution in [3.05, 3.63) is 65.4 Å². The van der Waals surface area contributed by atoms with E-state index in [0.29, 0.717) is 18.7 Å². The average molecular weight is 432 g/mol. The van der Waals surface area contributed by atoms with Crippen molar-refractivity contribution in [1.29, 1.82) is 0 Å². The Labute approximate surface area is 188 Å². The molecule has 3 aromatic rings. The van der Waals surface area contributed by atoms with Gasteiger partial charge in [0.1, 0.15) is 11.4 Å². The Bertz CT molecular complexity index is 1200. The number of nitrogens with one attached hydrogen (secondary N) is 1. The summed E-state index contributed by atoms with van der Waals surface area (Å²) < 4.78 is 7.32. The summed E-state index contributed by atoms with van der Waals surface area (Å²) in [6.45, 7) is 2.72. The van der Waals surface area contributed by atoms with Crippen molar-refractivity contribution < 1.29 is 14.3 Å². The zero-order valence-electron chi connectivity index (χ0n) is 18.9. The van der Waals surface area contributed by atoms with E-state index < -0.39 is 5.54 Å². The van der Waals surface area contributed by atoms with E-state index >= 15 is 0 Å². The molecule has 6 nitrogen and oxygen atoms in total. The van der Waals surface area contributed by atoms with E-state index in [1.165, 1.54) is 5.56 Å². The molecule has 2 aliphatic rings. The standard InChI is InChI=1S/C26H29N3O3/c1-17-5-10-21-19(15-17)16-22(28(21)2)25(31)29-14-4-12-26(13-11-23(30)27-26)24(29)18-6-8-20(32-3)9-7-18/h5-10,15-16,24H,4,11-14H2,1-3H3,(H,27,30)/t24-,26+/m1/s1. The monoisotopic (exact) mass is 431 g/mol. The van der Waals surface area contributed by atoms with Gasteiger partial charge in [-0.3, -0.25) is 9.59 Å². The molecule has 0 saturated carbocycles. The van der Waals surface area contributed by atoms with Gasteiger partial charge in [0.2, 0.25) is 5.91 Å². The number of carbonyl (C=O) groups excluding carboxylic acids is 2. The predicted octanol–water partition coefficient (Wildman–Crippen LogP) is 4.12. The number of ether oxygens (including phenoxy) is 1. The zero-order valence-corrected chi connectivity index (χ0v) is 18.9. The van der Waals surface area contributed by atoms with Gasteiger partial charge in [-0.1, -0.05) is 23.8 Å². The van der Waals surface area contributed by atoms with E-state index in [4.69, 9.17) is 4.74 Å². The summed E-state index contributed by atoms with van der Waals surface area (Å²) in [5, 5.41) is 4.33. The second-order valence-electron chi connectivity index (χ2n) is 9.13. The summed E-state index contributed by atoms with van der Waals surface area (Å²) in [5.41, 5.74) is 3.48. The third kappa shape index (κ3) is 3.25. The fourth-order valence-electron chi connectivity index (χ4n) is 5.59. The first kappa shape index (κ1) is 20.6. The van der Waals surface area contributed by atoms with Crippen LogP contribution in [0, 0.1) is 6.92 Å². The minimum Gasteiger partial charge on any atom is -0.497 e. The summed E-state index contributed by atoms with van der Waals surface area (Å²) in [6.07, 6.45) is 2.97. The van der Waals surface area contributed by atoms with E-state index in [9.17, 15) is 9.59 Å². The van der Waals surface area contributed by atoms with Gasteiger partial charge in [-0.15, -0.1) is 0 Å². The van der Waals surface area contributed by atoms with Crippen LogP contribution in [0.3, 0.4) is 0 Å². The molecule has 166 valence electrons. The largest absolute Gasteiger partial charge is 0.497 e. The van der Waals surface area contributed by atoms with Gasteiger partial charge in [0.25, 0.3) is 5.91 Å². The van der Waals surface area contributed by atoms with Crippen LogP contribution in [0.25, 0.3) is 10.9 Å². The lowest BCUT2D eigenvalue weighted by atomic mass is 9.76. The Morgan fingerprint density at radius 1 is 1.12 bits per heavy atom. The molecule has 0 aliphatic carbocycles. The third-order valence-electron chi connectivity index (χ3n) is 7.15. The molecule has 1 N–H and O–H groups in total. The average Bonchev–Trinajstić information content (AvgIpc) is 3.32. The number of fused-ring (bicyclic) bond motifs is 1. The number of piperidine rings is 1. The van der Waals surface area contributed by atoms with Crippen LogP contribution in [0.5, 0.6) is 5.75 Å². The molecule has 0 radical (unpaired) electrons. The van der Waals surface area contributed by atoms with Crippen LogP contribution in [0.2, 0.25) is 0 Å². The number of carbonyl (C=O) groups is 2. The van der Waals surface area contributed by atoms with Crippen molar-refractivity contribution in [2.24, 2.45) is 7.05 Å². The molecule has 5 rings (SSSR count). The van der Waals surface area contributed by atoms with Gasteiger partial charge in [0, 0.05) is 30.9 Å². The molecule has 2 saturated heterocycles. The molecule has 1 aromatic heterocycles. The Morgan fingerprint density at radius 2 is 1.91 bits per heavy atom. The molecular formula is C26H29N3O3. The lowest BCUT2D eigenvalue weighted by Gasteiger charge is -2.48. The summed E-state index contributed by atoms with van der Waals surface area (Å²) >= 11 is 0. The fourth-order valence-corrected chi connectivity index (χ4v) is 5.59. The smallest absolute Gasteiger partial charge is 0.271 e. The highest BCUT2D eigenvalue weighted by Crippen LogP contribution is 2.45. The highest BCUT2D eigenvalue weighted by atomic mass is 16.5. The SMILES string of the molecule is COc1ccc([C@H]2N(C(=O)c3cc4cc(C)ccc4n3C)CCC[C@]23CCC(=O)N3)cc1. The van der Waals surface area contributed by atoms with Crippen LogP contribution in [0.4, 0.5) is 0 Å². The Hall–Kier alpha value is -3.28. The van der Waals surface area contributed by atoms with Gasteiger partial charge < -0.3 is 19.5 Å². The number of amides is 2. The van der Waals surface area contributed by atoms with Crippen molar-refractivity contribution in [2.45, 2.75) is 44.2 Å². The van der Waals surface area contributed by atoms with E-state index in [2.05, 4.69) is 30.4 Å². The number of benzene rings is 2. The van der Waals surface area contributed by atoms with Crippen LogP contribution in [0.15, 0.2) is 48.5 Å². The Kier molecular flexibility index (Phi) is 4.96. The minimum atomic E-state index is -0.430. The van der Waals surface area contributed by atoms with Gasteiger partial charge in [-0.2, -0.15) is 0 Å². The number of hydrogen-bond acceptors (Lipinski definition) is 3. The van der Waals surface area contributed by atoms with Gasteiger partial charge in [-0.05, 0) is 62.1 Å². The molecule has 2 atom stereocenters. The number of rotatable bonds is 3.